The molecule has 0 bridgehead atoms. The van der Waals surface area contributed by atoms with E-state index in [0.717, 1.165) is 18.0 Å². The number of hydrogen-bond donors (Lipinski definition) is 1. The summed E-state index contributed by atoms with van der Waals surface area (Å²) in [6.07, 6.45) is 0. The number of anilines is 1. The molecule has 0 aliphatic carbocycles. The number of ether oxygens (including phenoxy) is 1. The summed E-state index contributed by atoms with van der Waals surface area (Å²) in [5.41, 5.74) is 7.23. The van der Waals surface area contributed by atoms with Gasteiger partial charge < -0.3 is 15.4 Å². The van der Waals surface area contributed by atoms with Gasteiger partial charge in [-0.2, -0.15) is 0 Å². The summed E-state index contributed by atoms with van der Waals surface area (Å²) in [4.78, 5) is 2.21. The van der Waals surface area contributed by atoms with Gasteiger partial charge in [-0.25, -0.2) is 0 Å². The first-order chi connectivity index (χ1) is 7.86. The van der Waals surface area contributed by atoms with Crippen LogP contribution >= 0.6 is 0 Å². The normalized spacial score (nSPS) is 13.3. The molecule has 96 valence electrons. The molecule has 1 aromatic carbocycles. The van der Waals surface area contributed by atoms with E-state index >= 15 is 0 Å². The molecule has 0 radical (unpaired) electrons. The van der Waals surface area contributed by atoms with E-state index < -0.39 is 0 Å². The summed E-state index contributed by atoms with van der Waals surface area (Å²) in [7, 11) is 3.77. The maximum atomic E-state index is 6.00. The topological polar surface area (TPSA) is 38.5 Å². The lowest BCUT2D eigenvalue weighted by Gasteiger charge is -2.34. The van der Waals surface area contributed by atoms with E-state index in [2.05, 4.69) is 38.8 Å². The van der Waals surface area contributed by atoms with Gasteiger partial charge >= 0.3 is 0 Å². The molecule has 0 saturated carbocycles. The van der Waals surface area contributed by atoms with Gasteiger partial charge in [-0.1, -0.05) is 19.9 Å². The molecule has 1 rings (SSSR count). The van der Waals surface area contributed by atoms with Crippen LogP contribution in [0.4, 0.5) is 5.69 Å². The second-order valence-electron chi connectivity index (χ2n) is 5.33. The Bertz CT molecular complexity index is 361. The van der Waals surface area contributed by atoms with Crippen LogP contribution in [0.5, 0.6) is 5.75 Å². The van der Waals surface area contributed by atoms with Crippen LogP contribution in [-0.2, 0) is 0 Å². The fourth-order valence-corrected chi connectivity index (χ4v) is 1.69. The van der Waals surface area contributed by atoms with E-state index in [1.54, 1.807) is 7.11 Å². The zero-order valence-corrected chi connectivity index (χ0v) is 11.5. The van der Waals surface area contributed by atoms with Crippen LogP contribution in [0, 0.1) is 5.41 Å². The highest BCUT2D eigenvalue weighted by molar-refractivity contribution is 5.50. The number of nitrogens with zero attached hydrogens (tertiary/aromatic N) is 1. The number of hydrogen-bond acceptors (Lipinski definition) is 3. The minimum Gasteiger partial charge on any atom is -0.497 e. The number of rotatable bonds is 5. The molecule has 0 amide bonds. The van der Waals surface area contributed by atoms with Gasteiger partial charge in [-0.15, -0.1) is 0 Å². The summed E-state index contributed by atoms with van der Waals surface area (Å²) in [5, 5.41) is 0. The van der Waals surface area contributed by atoms with Crippen LogP contribution in [0.25, 0.3) is 0 Å². The first-order valence-electron chi connectivity index (χ1n) is 5.97. The van der Waals surface area contributed by atoms with Crippen molar-refractivity contribution < 1.29 is 4.74 Å². The Hall–Kier alpha value is -1.22. The monoisotopic (exact) mass is 236 g/mol. The number of methoxy groups -OCH3 is 1. The fourth-order valence-electron chi connectivity index (χ4n) is 1.69. The van der Waals surface area contributed by atoms with Gasteiger partial charge in [0.25, 0.3) is 0 Å². The summed E-state index contributed by atoms with van der Waals surface area (Å²) >= 11 is 0. The third-order valence-corrected chi connectivity index (χ3v) is 3.37. The van der Waals surface area contributed by atoms with E-state index in [9.17, 15) is 0 Å². The Balaban J connectivity index is 2.79. The van der Waals surface area contributed by atoms with Crippen molar-refractivity contribution in [1.82, 2.24) is 0 Å². The minimum absolute atomic E-state index is 0.0812. The maximum Gasteiger partial charge on any atom is 0.120 e. The zero-order chi connectivity index (χ0) is 13.1. The number of nitrogens with two attached hydrogens (primary N) is 1. The minimum atomic E-state index is 0.0812. The molecular weight excluding hydrogens is 212 g/mol. The Morgan fingerprint density at radius 2 is 2.06 bits per heavy atom. The SMILES string of the molecule is COc1cccc(N(C)CC(C)(C)C(C)N)c1. The molecule has 3 nitrogen and oxygen atoms in total. The van der Waals surface area contributed by atoms with Crippen molar-refractivity contribution >= 4 is 5.69 Å². The molecule has 0 aliphatic rings. The molecule has 0 aromatic heterocycles. The van der Waals surface area contributed by atoms with Crippen molar-refractivity contribution in [3.63, 3.8) is 0 Å². The van der Waals surface area contributed by atoms with Gasteiger partial charge in [0, 0.05) is 31.4 Å². The molecular formula is C14H24N2O. The molecule has 0 aliphatic heterocycles. The lowest BCUT2D eigenvalue weighted by molar-refractivity contribution is 0.308. The second-order valence-corrected chi connectivity index (χ2v) is 5.33. The predicted octanol–water partition coefficient (Wildman–Crippen LogP) is 2.50. The van der Waals surface area contributed by atoms with Crippen LogP contribution in [0.2, 0.25) is 0 Å². The average Bonchev–Trinajstić information content (AvgIpc) is 2.28. The highest BCUT2D eigenvalue weighted by Crippen LogP contribution is 2.25. The Kier molecular flexibility index (Phi) is 4.40. The highest BCUT2D eigenvalue weighted by Gasteiger charge is 2.24. The molecule has 0 heterocycles. The zero-order valence-electron chi connectivity index (χ0n) is 11.5. The predicted molar refractivity (Wildman–Crippen MR) is 73.7 cm³/mol. The molecule has 1 atom stereocenters. The van der Waals surface area contributed by atoms with Crippen molar-refractivity contribution in [3.05, 3.63) is 24.3 Å². The molecule has 3 heteroatoms. The lowest BCUT2D eigenvalue weighted by atomic mass is 9.85. The smallest absolute Gasteiger partial charge is 0.120 e. The highest BCUT2D eigenvalue weighted by atomic mass is 16.5. The van der Waals surface area contributed by atoms with Crippen LogP contribution in [0.3, 0.4) is 0 Å². The Morgan fingerprint density at radius 3 is 2.59 bits per heavy atom. The molecule has 0 fully saturated rings. The van der Waals surface area contributed by atoms with E-state index in [1.807, 2.05) is 18.2 Å². The van der Waals surface area contributed by atoms with Crippen LogP contribution in [0.15, 0.2) is 24.3 Å². The Morgan fingerprint density at radius 1 is 1.41 bits per heavy atom. The van der Waals surface area contributed by atoms with Gasteiger partial charge in [-0.05, 0) is 24.5 Å². The van der Waals surface area contributed by atoms with Gasteiger partial charge in [0.2, 0.25) is 0 Å². The largest absolute Gasteiger partial charge is 0.497 e. The van der Waals surface area contributed by atoms with Crippen LogP contribution < -0.4 is 15.4 Å². The van der Waals surface area contributed by atoms with Crippen molar-refractivity contribution in [2.45, 2.75) is 26.8 Å². The summed E-state index contributed by atoms with van der Waals surface area (Å²) in [6.45, 7) is 7.35. The van der Waals surface area contributed by atoms with Gasteiger partial charge in [0.15, 0.2) is 0 Å². The quantitative estimate of drug-likeness (QED) is 0.853. The van der Waals surface area contributed by atoms with Crippen molar-refractivity contribution in [2.75, 3.05) is 25.6 Å². The lowest BCUT2D eigenvalue weighted by Crippen LogP contribution is -2.43. The van der Waals surface area contributed by atoms with E-state index in [-0.39, 0.29) is 11.5 Å². The van der Waals surface area contributed by atoms with Gasteiger partial charge in [-0.3, -0.25) is 0 Å². The van der Waals surface area contributed by atoms with Crippen molar-refractivity contribution in [1.29, 1.82) is 0 Å². The number of benzene rings is 1. The first-order valence-corrected chi connectivity index (χ1v) is 5.97. The second kappa shape index (κ2) is 5.41. The third-order valence-electron chi connectivity index (χ3n) is 3.37. The molecule has 1 unspecified atom stereocenters. The van der Waals surface area contributed by atoms with E-state index in [1.165, 1.54) is 0 Å². The van der Waals surface area contributed by atoms with E-state index in [4.69, 9.17) is 10.5 Å². The van der Waals surface area contributed by atoms with Crippen LogP contribution in [-0.4, -0.2) is 26.7 Å². The standard InChI is InChI=1S/C14H24N2O/c1-11(15)14(2,3)10-16(4)12-7-6-8-13(9-12)17-5/h6-9,11H,10,15H2,1-5H3. The molecule has 0 saturated heterocycles. The molecule has 0 spiro atoms. The maximum absolute atomic E-state index is 6.00. The van der Waals surface area contributed by atoms with Crippen LogP contribution in [0.1, 0.15) is 20.8 Å². The van der Waals surface area contributed by atoms with Crippen molar-refractivity contribution in [2.24, 2.45) is 11.1 Å². The van der Waals surface area contributed by atoms with Crippen molar-refractivity contribution in [3.8, 4) is 5.75 Å². The summed E-state index contributed by atoms with van der Waals surface area (Å²) in [6, 6.07) is 8.24. The average molecular weight is 236 g/mol. The molecule has 17 heavy (non-hydrogen) atoms. The molecule has 1 aromatic rings. The Labute approximate surface area is 105 Å². The fraction of sp³-hybridized carbons (Fsp3) is 0.571. The van der Waals surface area contributed by atoms with Gasteiger partial charge in [0.1, 0.15) is 5.75 Å². The third kappa shape index (κ3) is 3.63. The first kappa shape index (κ1) is 13.8. The summed E-state index contributed by atoms with van der Waals surface area (Å²) in [5.74, 6) is 0.882. The summed E-state index contributed by atoms with van der Waals surface area (Å²) < 4.78 is 5.23. The van der Waals surface area contributed by atoms with Gasteiger partial charge in [0.05, 0.1) is 7.11 Å². The molecule has 2 N–H and O–H groups in total. The van der Waals surface area contributed by atoms with E-state index in [0.29, 0.717) is 0 Å².